The van der Waals surface area contributed by atoms with E-state index in [-0.39, 0.29) is 18.9 Å². The maximum absolute atomic E-state index is 12.1. The van der Waals surface area contributed by atoms with Gasteiger partial charge in [0.15, 0.2) is 5.75 Å². The van der Waals surface area contributed by atoms with Gasteiger partial charge in [0, 0.05) is 22.7 Å². The van der Waals surface area contributed by atoms with Crippen LogP contribution in [0, 0.1) is 10.1 Å². The van der Waals surface area contributed by atoms with Crippen LogP contribution in [0.15, 0.2) is 59.7 Å². The van der Waals surface area contributed by atoms with Crippen molar-refractivity contribution in [1.29, 1.82) is 0 Å². The van der Waals surface area contributed by atoms with E-state index in [9.17, 15) is 20.0 Å². The van der Waals surface area contributed by atoms with Crippen molar-refractivity contribution in [2.24, 2.45) is 5.10 Å². The fraction of sp³-hybridized carbons (Fsp3) is 0.143. The largest absolute Gasteiger partial charge is 0.500 e. The van der Waals surface area contributed by atoms with Crippen LogP contribution in [0.25, 0.3) is 10.8 Å². The number of rotatable bonds is 8. The number of carbonyl (C=O) groups is 1. The van der Waals surface area contributed by atoms with Crippen molar-refractivity contribution in [3.05, 3.63) is 70.3 Å². The molecule has 9 heteroatoms. The summed E-state index contributed by atoms with van der Waals surface area (Å²) in [5, 5.41) is 29.9. The molecule has 154 valence electrons. The first kappa shape index (κ1) is 20.6. The molecule has 3 N–H and O–H groups in total. The second-order valence-corrected chi connectivity index (χ2v) is 6.25. The fourth-order valence-corrected chi connectivity index (χ4v) is 2.87. The van der Waals surface area contributed by atoms with Crippen molar-refractivity contribution in [1.82, 2.24) is 5.43 Å². The van der Waals surface area contributed by atoms with E-state index in [0.717, 1.165) is 22.5 Å². The summed E-state index contributed by atoms with van der Waals surface area (Å²) in [5.41, 5.74) is 2.97. The molecule has 0 atom stereocenters. The van der Waals surface area contributed by atoms with Crippen LogP contribution >= 0.6 is 0 Å². The van der Waals surface area contributed by atoms with Gasteiger partial charge in [0.1, 0.15) is 0 Å². The van der Waals surface area contributed by atoms with E-state index < -0.39 is 22.3 Å². The predicted octanol–water partition coefficient (Wildman–Crippen LogP) is 3.41. The Labute approximate surface area is 172 Å². The molecule has 0 bridgehead atoms. The molecule has 0 unspecified atom stereocenters. The number of nitro benzene ring substituents is 1. The monoisotopic (exact) mass is 408 g/mol. The standard InChI is InChI=1S/C21H20N4O5/c1-2-30-19-11-14(10-18(21(19)27)25(28)29)12-23-24-20(26)13-22-17-9-5-7-15-6-3-4-8-16(15)17/h3-12,22,27H,2,13H2,1H3,(H,24,26)/b23-12+. The summed E-state index contributed by atoms with van der Waals surface area (Å²) in [6, 6.07) is 16.1. The van der Waals surface area contributed by atoms with Gasteiger partial charge in [-0.3, -0.25) is 14.9 Å². The summed E-state index contributed by atoms with van der Waals surface area (Å²) in [6.07, 6.45) is 1.24. The third-order valence-electron chi connectivity index (χ3n) is 4.21. The normalized spacial score (nSPS) is 10.8. The molecule has 0 aliphatic heterocycles. The molecule has 0 spiro atoms. The summed E-state index contributed by atoms with van der Waals surface area (Å²) in [7, 11) is 0. The van der Waals surface area contributed by atoms with E-state index in [2.05, 4.69) is 15.8 Å². The Bertz CT molecular complexity index is 1110. The van der Waals surface area contributed by atoms with Gasteiger partial charge in [-0.2, -0.15) is 5.10 Å². The first-order chi connectivity index (χ1) is 14.5. The third-order valence-corrected chi connectivity index (χ3v) is 4.21. The maximum Gasteiger partial charge on any atom is 0.315 e. The van der Waals surface area contributed by atoms with Crippen LogP contribution in [0.2, 0.25) is 0 Å². The van der Waals surface area contributed by atoms with Gasteiger partial charge in [-0.25, -0.2) is 5.43 Å². The predicted molar refractivity (Wildman–Crippen MR) is 114 cm³/mol. The number of carbonyl (C=O) groups excluding carboxylic acids is 1. The van der Waals surface area contributed by atoms with Crippen LogP contribution in [-0.4, -0.2) is 35.3 Å². The van der Waals surface area contributed by atoms with Gasteiger partial charge in [-0.1, -0.05) is 36.4 Å². The molecule has 0 aromatic heterocycles. The van der Waals surface area contributed by atoms with Crippen molar-refractivity contribution in [3.8, 4) is 11.5 Å². The second-order valence-electron chi connectivity index (χ2n) is 6.25. The van der Waals surface area contributed by atoms with E-state index in [4.69, 9.17) is 4.74 Å². The molecule has 3 rings (SSSR count). The van der Waals surface area contributed by atoms with E-state index in [1.54, 1.807) is 6.92 Å². The highest BCUT2D eigenvalue weighted by Gasteiger charge is 2.19. The number of aromatic hydroxyl groups is 1. The zero-order valence-electron chi connectivity index (χ0n) is 16.2. The average molecular weight is 408 g/mol. The van der Waals surface area contributed by atoms with Crippen molar-refractivity contribution in [3.63, 3.8) is 0 Å². The smallest absolute Gasteiger partial charge is 0.315 e. The summed E-state index contributed by atoms with van der Waals surface area (Å²) in [5.74, 6) is -0.975. The number of nitro groups is 1. The van der Waals surface area contributed by atoms with Gasteiger partial charge in [0.2, 0.25) is 5.75 Å². The summed E-state index contributed by atoms with van der Waals surface area (Å²) < 4.78 is 5.20. The molecule has 30 heavy (non-hydrogen) atoms. The SMILES string of the molecule is CCOc1cc(/C=N/NC(=O)CNc2cccc3ccccc23)cc([N+](=O)[O-])c1O. The zero-order valence-corrected chi connectivity index (χ0v) is 16.2. The molecule has 0 saturated carbocycles. The number of nitrogens with one attached hydrogen (secondary N) is 2. The Hall–Kier alpha value is -4.14. The first-order valence-electron chi connectivity index (χ1n) is 9.17. The van der Waals surface area contributed by atoms with Crippen LogP contribution in [0.1, 0.15) is 12.5 Å². The molecule has 0 heterocycles. The number of nitrogens with zero attached hydrogens (tertiary/aromatic N) is 2. The fourth-order valence-electron chi connectivity index (χ4n) is 2.87. The number of ether oxygens (including phenoxy) is 1. The van der Waals surface area contributed by atoms with Gasteiger partial charge in [-0.05, 0) is 24.4 Å². The number of anilines is 1. The van der Waals surface area contributed by atoms with E-state index in [1.165, 1.54) is 12.3 Å². The molecule has 0 fully saturated rings. The third kappa shape index (κ3) is 4.82. The van der Waals surface area contributed by atoms with Crippen LogP contribution < -0.4 is 15.5 Å². The zero-order chi connectivity index (χ0) is 21.5. The molecule has 3 aromatic carbocycles. The molecular formula is C21H20N4O5. The summed E-state index contributed by atoms with van der Waals surface area (Å²) in [4.78, 5) is 22.5. The van der Waals surface area contributed by atoms with Gasteiger partial charge < -0.3 is 15.2 Å². The molecule has 0 radical (unpaired) electrons. The molecule has 9 nitrogen and oxygen atoms in total. The van der Waals surface area contributed by atoms with Crippen molar-refractivity contribution in [2.45, 2.75) is 6.92 Å². The molecule has 0 saturated heterocycles. The number of phenols is 1. The highest BCUT2D eigenvalue weighted by atomic mass is 16.6. The van der Waals surface area contributed by atoms with Gasteiger partial charge in [0.25, 0.3) is 5.91 Å². The lowest BCUT2D eigenvalue weighted by atomic mass is 10.1. The molecule has 0 aliphatic rings. The number of fused-ring (bicyclic) bond motifs is 1. The van der Waals surface area contributed by atoms with Crippen LogP contribution in [0.4, 0.5) is 11.4 Å². The first-order valence-corrected chi connectivity index (χ1v) is 9.17. The Morgan fingerprint density at radius 2 is 2.00 bits per heavy atom. The second kappa shape index (κ2) is 9.37. The van der Waals surface area contributed by atoms with Gasteiger partial charge in [-0.15, -0.1) is 0 Å². The number of benzene rings is 3. The number of hydrogen-bond acceptors (Lipinski definition) is 7. The molecule has 3 aromatic rings. The molecule has 1 amide bonds. The van der Waals surface area contributed by atoms with Gasteiger partial charge in [0.05, 0.1) is 24.3 Å². The Morgan fingerprint density at radius 1 is 1.23 bits per heavy atom. The summed E-state index contributed by atoms with van der Waals surface area (Å²) >= 11 is 0. The van der Waals surface area contributed by atoms with E-state index >= 15 is 0 Å². The molecule has 0 aliphatic carbocycles. The summed E-state index contributed by atoms with van der Waals surface area (Å²) in [6.45, 7) is 1.91. The van der Waals surface area contributed by atoms with Crippen LogP contribution in [0.5, 0.6) is 11.5 Å². The highest BCUT2D eigenvalue weighted by Crippen LogP contribution is 2.36. The van der Waals surface area contributed by atoms with Gasteiger partial charge >= 0.3 is 5.69 Å². The average Bonchev–Trinajstić information content (AvgIpc) is 2.74. The van der Waals surface area contributed by atoms with Crippen LogP contribution in [-0.2, 0) is 4.79 Å². The van der Waals surface area contributed by atoms with E-state index in [0.29, 0.717) is 5.56 Å². The number of hydrazone groups is 1. The quantitative estimate of drug-likeness (QED) is 0.298. The number of amides is 1. The topological polar surface area (TPSA) is 126 Å². The van der Waals surface area contributed by atoms with Crippen molar-refractivity contribution in [2.75, 3.05) is 18.5 Å². The highest BCUT2D eigenvalue weighted by molar-refractivity contribution is 5.95. The minimum atomic E-state index is -0.720. The number of phenolic OH excluding ortho intramolecular Hbond substituents is 1. The van der Waals surface area contributed by atoms with Crippen molar-refractivity contribution >= 4 is 34.3 Å². The lowest BCUT2D eigenvalue weighted by Crippen LogP contribution is -2.25. The van der Waals surface area contributed by atoms with Crippen LogP contribution in [0.3, 0.4) is 0 Å². The Morgan fingerprint density at radius 3 is 2.77 bits per heavy atom. The molecular weight excluding hydrogens is 388 g/mol. The lowest BCUT2D eigenvalue weighted by molar-refractivity contribution is -0.386. The number of hydrogen-bond donors (Lipinski definition) is 3. The Balaban J connectivity index is 1.65. The minimum absolute atomic E-state index is 0.00866. The maximum atomic E-state index is 12.1. The Kier molecular flexibility index (Phi) is 6.43. The lowest BCUT2D eigenvalue weighted by Gasteiger charge is -2.09. The minimum Gasteiger partial charge on any atom is -0.500 e. The van der Waals surface area contributed by atoms with Crippen molar-refractivity contribution < 1.29 is 19.6 Å². The van der Waals surface area contributed by atoms with E-state index in [1.807, 2.05) is 42.5 Å².